The number of amides is 1. The van der Waals surface area contributed by atoms with Gasteiger partial charge in [-0.2, -0.15) is 0 Å². The number of anilines is 1. The number of furan rings is 1. The van der Waals surface area contributed by atoms with Crippen molar-refractivity contribution in [2.24, 2.45) is 0 Å². The lowest BCUT2D eigenvalue weighted by Gasteiger charge is -2.14. The minimum absolute atomic E-state index is 0.332. The van der Waals surface area contributed by atoms with Crippen LogP contribution in [0.5, 0.6) is 23.0 Å². The van der Waals surface area contributed by atoms with E-state index in [1.807, 2.05) is 24.3 Å². The van der Waals surface area contributed by atoms with Gasteiger partial charge in [0, 0.05) is 29.3 Å². The smallest absolute Gasteiger partial charge is 0.248 e. The molecule has 0 spiro atoms. The second-order valence-corrected chi connectivity index (χ2v) is 5.76. The number of carbonyl (C=O) groups is 1. The van der Waals surface area contributed by atoms with Gasteiger partial charge in [-0.25, -0.2) is 0 Å². The third kappa shape index (κ3) is 3.88. The Hall–Kier alpha value is -3.61. The molecule has 1 N–H and O–H groups in total. The number of fused-ring (bicyclic) bond motifs is 1. The van der Waals surface area contributed by atoms with E-state index < -0.39 is 0 Å². The number of ether oxygens (including phenoxy) is 4. The van der Waals surface area contributed by atoms with Gasteiger partial charge in [0.25, 0.3) is 0 Å². The van der Waals surface area contributed by atoms with E-state index in [4.69, 9.17) is 23.4 Å². The van der Waals surface area contributed by atoms with Crippen LogP contribution in [0.1, 0.15) is 5.76 Å². The topological polar surface area (TPSA) is 79.2 Å². The van der Waals surface area contributed by atoms with Crippen molar-refractivity contribution in [3.05, 3.63) is 48.2 Å². The Bertz CT molecular complexity index is 996. The number of hydrogen-bond acceptors (Lipinski definition) is 6. The monoisotopic (exact) mass is 383 g/mol. The maximum atomic E-state index is 12.3. The van der Waals surface area contributed by atoms with Crippen LogP contribution < -0.4 is 24.3 Å². The fraction of sp³-hybridized carbons (Fsp3) is 0.190. The molecule has 0 aliphatic rings. The van der Waals surface area contributed by atoms with E-state index in [1.54, 1.807) is 25.3 Å². The van der Waals surface area contributed by atoms with Crippen molar-refractivity contribution in [3.8, 4) is 23.0 Å². The lowest BCUT2D eigenvalue weighted by Crippen LogP contribution is -2.08. The Kier molecular flexibility index (Phi) is 5.74. The molecule has 0 saturated carbocycles. The normalized spacial score (nSPS) is 10.9. The maximum Gasteiger partial charge on any atom is 0.248 e. The van der Waals surface area contributed by atoms with E-state index in [0.717, 1.165) is 5.39 Å². The molecule has 1 heterocycles. The number of carbonyl (C=O) groups excluding carboxylic acids is 1. The first kappa shape index (κ1) is 19.2. The largest absolute Gasteiger partial charge is 0.493 e. The standard InChI is InChI=1S/C21H21NO6/c1-24-16-7-5-6-13-10-15(28-20(13)16)8-9-19(23)22-14-11-17(25-2)21(27-4)18(12-14)26-3/h5-12H,1-4H3,(H,22,23)/b9-8+. The van der Waals surface area contributed by atoms with Crippen LogP contribution in [0, 0.1) is 0 Å². The zero-order chi connectivity index (χ0) is 20.1. The van der Waals surface area contributed by atoms with Gasteiger partial charge in [0.05, 0.1) is 28.4 Å². The van der Waals surface area contributed by atoms with E-state index in [9.17, 15) is 4.79 Å². The van der Waals surface area contributed by atoms with Crippen LogP contribution in [0.2, 0.25) is 0 Å². The van der Waals surface area contributed by atoms with E-state index in [0.29, 0.717) is 40.0 Å². The van der Waals surface area contributed by atoms with Crippen molar-refractivity contribution in [1.29, 1.82) is 0 Å². The summed E-state index contributed by atoms with van der Waals surface area (Å²) in [6.45, 7) is 0. The van der Waals surface area contributed by atoms with Gasteiger partial charge in [0.2, 0.25) is 11.7 Å². The lowest BCUT2D eigenvalue weighted by atomic mass is 10.2. The summed E-state index contributed by atoms with van der Waals surface area (Å²) in [5, 5.41) is 3.65. The Balaban J connectivity index is 1.79. The van der Waals surface area contributed by atoms with Gasteiger partial charge >= 0.3 is 0 Å². The summed E-state index contributed by atoms with van der Waals surface area (Å²) in [6, 6.07) is 10.7. The van der Waals surface area contributed by atoms with Gasteiger partial charge in [0.15, 0.2) is 22.8 Å². The molecule has 2 aromatic carbocycles. The maximum absolute atomic E-state index is 12.3. The SMILES string of the molecule is COc1cc(NC(=O)/C=C/c2cc3cccc(OC)c3o2)cc(OC)c1OC. The second-order valence-electron chi connectivity index (χ2n) is 5.76. The number of hydrogen-bond donors (Lipinski definition) is 1. The fourth-order valence-corrected chi connectivity index (χ4v) is 2.79. The molecule has 0 atom stereocenters. The van der Waals surface area contributed by atoms with Crippen LogP contribution >= 0.6 is 0 Å². The summed E-state index contributed by atoms with van der Waals surface area (Å²) in [5.74, 6) is 2.20. The van der Waals surface area contributed by atoms with Crippen molar-refractivity contribution < 1.29 is 28.2 Å². The van der Waals surface area contributed by atoms with Gasteiger partial charge in [0.1, 0.15) is 5.76 Å². The highest BCUT2D eigenvalue weighted by Crippen LogP contribution is 2.40. The highest BCUT2D eigenvalue weighted by atomic mass is 16.5. The summed E-state index contributed by atoms with van der Waals surface area (Å²) in [6.07, 6.45) is 2.97. The molecule has 0 radical (unpaired) electrons. The van der Waals surface area contributed by atoms with Crippen LogP contribution in [0.3, 0.4) is 0 Å². The molecule has 1 amide bonds. The minimum atomic E-state index is -0.332. The minimum Gasteiger partial charge on any atom is -0.493 e. The Labute approximate surface area is 162 Å². The first-order valence-electron chi connectivity index (χ1n) is 8.45. The van der Waals surface area contributed by atoms with E-state index in [2.05, 4.69) is 5.32 Å². The molecule has 3 aromatic rings. The van der Waals surface area contributed by atoms with Crippen LogP contribution in [0.25, 0.3) is 17.0 Å². The van der Waals surface area contributed by atoms with E-state index in [-0.39, 0.29) is 5.91 Å². The number of benzene rings is 2. The third-order valence-electron chi connectivity index (χ3n) is 4.08. The molecular weight excluding hydrogens is 362 g/mol. The summed E-state index contributed by atoms with van der Waals surface area (Å²) in [4.78, 5) is 12.3. The molecular formula is C21H21NO6. The lowest BCUT2D eigenvalue weighted by molar-refractivity contribution is -0.111. The first-order chi connectivity index (χ1) is 13.6. The van der Waals surface area contributed by atoms with Gasteiger partial charge in [-0.15, -0.1) is 0 Å². The second kappa shape index (κ2) is 8.39. The van der Waals surface area contributed by atoms with E-state index >= 15 is 0 Å². The molecule has 7 heteroatoms. The molecule has 0 bridgehead atoms. The molecule has 146 valence electrons. The van der Waals surface area contributed by atoms with Gasteiger partial charge in [-0.3, -0.25) is 4.79 Å². The summed E-state index contributed by atoms with van der Waals surface area (Å²) >= 11 is 0. The summed E-state index contributed by atoms with van der Waals surface area (Å²) in [7, 11) is 6.12. The van der Waals surface area contributed by atoms with Crippen LogP contribution in [0.4, 0.5) is 5.69 Å². The molecule has 0 saturated heterocycles. The Morgan fingerprint density at radius 2 is 1.61 bits per heavy atom. The Morgan fingerprint density at radius 1 is 0.929 bits per heavy atom. The number of nitrogens with one attached hydrogen (secondary N) is 1. The van der Waals surface area contributed by atoms with Crippen molar-refractivity contribution in [2.75, 3.05) is 33.8 Å². The van der Waals surface area contributed by atoms with Crippen molar-refractivity contribution in [2.45, 2.75) is 0 Å². The van der Waals surface area contributed by atoms with Crippen LogP contribution in [-0.4, -0.2) is 34.3 Å². The highest BCUT2D eigenvalue weighted by Gasteiger charge is 2.14. The third-order valence-corrected chi connectivity index (χ3v) is 4.08. The number of methoxy groups -OCH3 is 4. The zero-order valence-corrected chi connectivity index (χ0v) is 16.1. The molecule has 7 nitrogen and oxygen atoms in total. The number of para-hydroxylation sites is 1. The molecule has 1 aromatic heterocycles. The summed E-state index contributed by atoms with van der Waals surface area (Å²) < 4.78 is 26.9. The predicted molar refractivity (Wildman–Crippen MR) is 107 cm³/mol. The van der Waals surface area contributed by atoms with Crippen LogP contribution in [-0.2, 0) is 4.79 Å². The zero-order valence-electron chi connectivity index (χ0n) is 16.1. The highest BCUT2D eigenvalue weighted by molar-refractivity contribution is 6.02. The predicted octanol–water partition coefficient (Wildman–Crippen LogP) is 4.12. The molecule has 0 fully saturated rings. The summed E-state index contributed by atoms with van der Waals surface area (Å²) in [5.41, 5.74) is 1.14. The van der Waals surface area contributed by atoms with Crippen LogP contribution in [0.15, 0.2) is 46.9 Å². The fourth-order valence-electron chi connectivity index (χ4n) is 2.79. The molecule has 3 rings (SSSR count). The average Bonchev–Trinajstić information content (AvgIpc) is 3.14. The van der Waals surface area contributed by atoms with Crippen molar-refractivity contribution in [1.82, 2.24) is 0 Å². The van der Waals surface area contributed by atoms with Gasteiger partial charge < -0.3 is 28.7 Å². The van der Waals surface area contributed by atoms with Crippen molar-refractivity contribution >= 4 is 28.6 Å². The van der Waals surface area contributed by atoms with Crippen molar-refractivity contribution in [3.63, 3.8) is 0 Å². The van der Waals surface area contributed by atoms with E-state index in [1.165, 1.54) is 27.4 Å². The molecule has 0 unspecified atom stereocenters. The molecule has 0 aliphatic carbocycles. The van der Waals surface area contributed by atoms with Gasteiger partial charge in [-0.05, 0) is 18.2 Å². The van der Waals surface area contributed by atoms with Gasteiger partial charge in [-0.1, -0.05) is 12.1 Å². The number of rotatable bonds is 7. The molecule has 28 heavy (non-hydrogen) atoms. The first-order valence-corrected chi connectivity index (χ1v) is 8.45. The quantitative estimate of drug-likeness (QED) is 0.619. The Morgan fingerprint density at radius 3 is 2.21 bits per heavy atom. The molecule has 0 aliphatic heterocycles. The average molecular weight is 383 g/mol.